The van der Waals surface area contributed by atoms with Crippen molar-refractivity contribution in [1.29, 1.82) is 0 Å². The van der Waals surface area contributed by atoms with Crippen LogP contribution in [0.25, 0.3) is 10.2 Å². The Morgan fingerprint density at radius 2 is 1.92 bits per heavy atom. The number of anilines is 1. The number of carbonyl (C=O) groups excluding carboxylic acids is 1. The Labute approximate surface area is 154 Å². The molecule has 1 aromatic carbocycles. The molecule has 0 unspecified atom stereocenters. The third-order valence-electron chi connectivity index (χ3n) is 4.06. The van der Waals surface area contributed by atoms with Gasteiger partial charge in [-0.25, -0.2) is 4.98 Å². The molecule has 0 aliphatic heterocycles. The molecule has 2 rings (SSSR count). The molecule has 0 saturated heterocycles. The van der Waals surface area contributed by atoms with Crippen molar-refractivity contribution in [1.82, 2.24) is 9.88 Å². The first-order chi connectivity index (χ1) is 11.0. The summed E-state index contributed by atoms with van der Waals surface area (Å²) in [6, 6.07) is 3.95. The van der Waals surface area contributed by atoms with Gasteiger partial charge < -0.3 is 9.64 Å². The number of nitrogens with zero attached hydrogens (tertiary/aromatic N) is 3. The first kappa shape index (κ1) is 20.7. The van der Waals surface area contributed by atoms with Crippen LogP contribution in [-0.4, -0.2) is 49.1 Å². The molecule has 24 heavy (non-hydrogen) atoms. The van der Waals surface area contributed by atoms with E-state index in [2.05, 4.69) is 30.7 Å². The standard InChI is InChI=1S/C17H25N3O2S.ClH/c1-6-19(7-2)10-11-20(13(4)21)17-18-15-14(22-5)9-8-12(3)16(15)23-17;/h8-9H,6-7,10-11H2,1-5H3;1H. The van der Waals surface area contributed by atoms with Crippen LogP contribution in [0.3, 0.4) is 0 Å². The number of halogens is 1. The fraction of sp³-hybridized carbons (Fsp3) is 0.529. The predicted molar refractivity (Wildman–Crippen MR) is 104 cm³/mol. The molecule has 0 radical (unpaired) electrons. The van der Waals surface area contributed by atoms with Gasteiger partial charge >= 0.3 is 0 Å². The SMILES string of the molecule is CCN(CC)CCN(C(C)=O)c1nc2c(OC)ccc(C)c2s1.Cl. The molecule has 0 spiro atoms. The summed E-state index contributed by atoms with van der Waals surface area (Å²) in [6.07, 6.45) is 0. The molecule has 1 aromatic heterocycles. The first-order valence-electron chi connectivity index (χ1n) is 7.96. The lowest BCUT2D eigenvalue weighted by Gasteiger charge is -2.23. The van der Waals surface area contributed by atoms with Crippen LogP contribution in [0.2, 0.25) is 0 Å². The van der Waals surface area contributed by atoms with Gasteiger partial charge in [0.2, 0.25) is 5.91 Å². The Morgan fingerprint density at radius 1 is 1.25 bits per heavy atom. The first-order valence-corrected chi connectivity index (χ1v) is 8.78. The van der Waals surface area contributed by atoms with Gasteiger partial charge in [0, 0.05) is 20.0 Å². The van der Waals surface area contributed by atoms with Gasteiger partial charge in [-0.3, -0.25) is 9.69 Å². The summed E-state index contributed by atoms with van der Waals surface area (Å²) in [4.78, 5) is 20.8. The minimum atomic E-state index is 0. The van der Waals surface area contributed by atoms with Crippen LogP contribution < -0.4 is 9.64 Å². The molecule has 5 nitrogen and oxygen atoms in total. The second-order valence-corrected chi connectivity index (χ2v) is 6.43. The molecule has 0 fully saturated rings. The lowest BCUT2D eigenvalue weighted by Crippen LogP contribution is -2.37. The summed E-state index contributed by atoms with van der Waals surface area (Å²) in [7, 11) is 1.65. The Bertz CT molecular complexity index is 686. The zero-order valence-corrected chi connectivity index (χ0v) is 16.6. The van der Waals surface area contributed by atoms with Gasteiger partial charge in [0.05, 0.1) is 11.8 Å². The van der Waals surface area contributed by atoms with E-state index >= 15 is 0 Å². The summed E-state index contributed by atoms with van der Waals surface area (Å²) in [6.45, 7) is 11.4. The number of fused-ring (bicyclic) bond motifs is 1. The second kappa shape index (κ2) is 9.20. The average molecular weight is 372 g/mol. The van der Waals surface area contributed by atoms with Crippen LogP contribution in [-0.2, 0) is 4.79 Å². The molecule has 0 aliphatic rings. The molecular formula is C17H26ClN3O2S. The number of carbonyl (C=O) groups is 1. The van der Waals surface area contributed by atoms with Crippen LogP contribution >= 0.6 is 23.7 Å². The number of benzene rings is 1. The molecule has 0 N–H and O–H groups in total. The monoisotopic (exact) mass is 371 g/mol. The highest BCUT2D eigenvalue weighted by Crippen LogP contribution is 2.36. The molecular weight excluding hydrogens is 346 g/mol. The zero-order chi connectivity index (χ0) is 17.0. The minimum absolute atomic E-state index is 0. The van der Waals surface area contributed by atoms with Crippen LogP contribution in [0.1, 0.15) is 26.3 Å². The maximum absolute atomic E-state index is 12.1. The Balaban J connectivity index is 0.00000288. The highest BCUT2D eigenvalue weighted by molar-refractivity contribution is 7.22. The van der Waals surface area contributed by atoms with E-state index in [1.165, 1.54) is 0 Å². The molecule has 2 aromatic rings. The summed E-state index contributed by atoms with van der Waals surface area (Å²) in [5.41, 5.74) is 1.98. The largest absolute Gasteiger partial charge is 0.494 e. The fourth-order valence-electron chi connectivity index (χ4n) is 2.55. The van der Waals surface area contributed by atoms with Crippen molar-refractivity contribution in [2.24, 2.45) is 0 Å². The summed E-state index contributed by atoms with van der Waals surface area (Å²) in [5.74, 6) is 0.771. The number of likely N-dealkylation sites (N-methyl/N-ethyl adjacent to an activating group) is 1. The van der Waals surface area contributed by atoms with Crippen molar-refractivity contribution in [2.45, 2.75) is 27.7 Å². The Hall–Kier alpha value is -1.37. The number of thiazole rings is 1. The van der Waals surface area contributed by atoms with Crippen molar-refractivity contribution in [3.63, 3.8) is 0 Å². The smallest absolute Gasteiger partial charge is 0.225 e. The zero-order valence-electron chi connectivity index (χ0n) is 15.0. The quantitative estimate of drug-likeness (QED) is 0.743. The van der Waals surface area contributed by atoms with Gasteiger partial charge in [0.25, 0.3) is 0 Å². The Kier molecular flexibility index (Phi) is 7.93. The van der Waals surface area contributed by atoms with Gasteiger partial charge in [-0.15, -0.1) is 12.4 Å². The third kappa shape index (κ3) is 4.37. The van der Waals surface area contributed by atoms with Gasteiger partial charge in [-0.2, -0.15) is 0 Å². The van der Waals surface area contributed by atoms with Gasteiger partial charge in [-0.05, 0) is 31.6 Å². The van der Waals surface area contributed by atoms with Crippen molar-refractivity contribution in [3.8, 4) is 5.75 Å². The van der Waals surface area contributed by atoms with E-state index in [4.69, 9.17) is 4.74 Å². The molecule has 1 heterocycles. The number of rotatable bonds is 7. The second-order valence-electron chi connectivity index (χ2n) is 5.46. The molecule has 1 amide bonds. The van der Waals surface area contributed by atoms with Crippen LogP contribution in [0.15, 0.2) is 12.1 Å². The van der Waals surface area contributed by atoms with Crippen molar-refractivity contribution >= 4 is 45.0 Å². The highest BCUT2D eigenvalue weighted by atomic mass is 35.5. The topological polar surface area (TPSA) is 45.7 Å². The summed E-state index contributed by atoms with van der Waals surface area (Å²) < 4.78 is 6.48. The average Bonchev–Trinajstić information content (AvgIpc) is 2.97. The fourth-order valence-corrected chi connectivity index (χ4v) is 3.67. The molecule has 0 saturated carbocycles. The number of amides is 1. The van der Waals surface area contributed by atoms with Crippen LogP contribution in [0, 0.1) is 6.92 Å². The number of hydrogen-bond donors (Lipinski definition) is 0. The number of aromatic nitrogens is 1. The number of hydrogen-bond acceptors (Lipinski definition) is 5. The molecule has 7 heteroatoms. The molecule has 0 atom stereocenters. The van der Waals surface area contributed by atoms with E-state index in [-0.39, 0.29) is 18.3 Å². The maximum Gasteiger partial charge on any atom is 0.225 e. The van der Waals surface area contributed by atoms with Crippen molar-refractivity contribution in [3.05, 3.63) is 17.7 Å². The molecule has 0 aliphatic carbocycles. The lowest BCUT2D eigenvalue weighted by molar-refractivity contribution is -0.116. The number of ether oxygens (including phenoxy) is 1. The van der Waals surface area contributed by atoms with Gasteiger partial charge in [0.1, 0.15) is 11.3 Å². The van der Waals surface area contributed by atoms with E-state index in [0.717, 1.165) is 46.3 Å². The minimum Gasteiger partial charge on any atom is -0.494 e. The summed E-state index contributed by atoms with van der Waals surface area (Å²) in [5, 5.41) is 0.743. The van der Waals surface area contributed by atoms with E-state index in [9.17, 15) is 4.79 Å². The highest BCUT2D eigenvalue weighted by Gasteiger charge is 2.19. The van der Waals surface area contributed by atoms with E-state index in [0.29, 0.717) is 6.54 Å². The van der Waals surface area contributed by atoms with Gasteiger partial charge in [0.15, 0.2) is 5.13 Å². The number of methoxy groups -OCH3 is 1. The molecule has 0 bridgehead atoms. The number of aryl methyl sites for hydroxylation is 1. The van der Waals surface area contributed by atoms with Crippen molar-refractivity contribution < 1.29 is 9.53 Å². The van der Waals surface area contributed by atoms with E-state index < -0.39 is 0 Å². The molecule has 134 valence electrons. The van der Waals surface area contributed by atoms with Gasteiger partial charge in [-0.1, -0.05) is 31.3 Å². The lowest BCUT2D eigenvalue weighted by atomic mass is 10.2. The van der Waals surface area contributed by atoms with Crippen LogP contribution in [0.5, 0.6) is 5.75 Å². The van der Waals surface area contributed by atoms with E-state index in [1.54, 1.807) is 30.3 Å². The van der Waals surface area contributed by atoms with E-state index in [1.807, 2.05) is 12.1 Å². The predicted octanol–water partition coefficient (Wildman–Crippen LogP) is 3.73. The van der Waals surface area contributed by atoms with Crippen LogP contribution in [0.4, 0.5) is 5.13 Å². The maximum atomic E-state index is 12.1. The third-order valence-corrected chi connectivity index (χ3v) is 5.27. The summed E-state index contributed by atoms with van der Waals surface area (Å²) >= 11 is 1.55. The normalized spacial score (nSPS) is 10.8. The Morgan fingerprint density at radius 3 is 2.46 bits per heavy atom. The van der Waals surface area contributed by atoms with Crippen molar-refractivity contribution in [2.75, 3.05) is 38.2 Å².